The zero-order valence-corrected chi connectivity index (χ0v) is 12.0. The molecule has 0 N–H and O–H groups in total. The van der Waals surface area contributed by atoms with Gasteiger partial charge >= 0.3 is 0 Å². The molecule has 0 unspecified atom stereocenters. The maximum Gasteiger partial charge on any atom is 0.293 e. The Morgan fingerprint density at radius 2 is 2.30 bits per heavy atom. The molecule has 0 aliphatic carbocycles. The molecule has 102 valence electrons. The van der Waals surface area contributed by atoms with Crippen LogP contribution in [0.3, 0.4) is 0 Å². The van der Waals surface area contributed by atoms with E-state index in [-0.39, 0.29) is 11.7 Å². The second-order valence-corrected chi connectivity index (χ2v) is 5.51. The maximum atomic E-state index is 12.3. The van der Waals surface area contributed by atoms with Crippen LogP contribution in [0.1, 0.15) is 21.2 Å². The molecule has 20 heavy (non-hydrogen) atoms. The third-order valence-electron chi connectivity index (χ3n) is 2.94. The molecule has 0 atom stereocenters. The third-order valence-corrected chi connectivity index (χ3v) is 3.80. The summed E-state index contributed by atoms with van der Waals surface area (Å²) in [6.45, 7) is 2.45. The molecule has 0 aliphatic rings. The second kappa shape index (κ2) is 5.01. The van der Waals surface area contributed by atoms with E-state index in [0.717, 1.165) is 10.6 Å². The summed E-state index contributed by atoms with van der Waals surface area (Å²) in [5.41, 5.74) is 0.891. The minimum Gasteiger partial charge on any atom is -0.334 e. The van der Waals surface area contributed by atoms with E-state index in [2.05, 4.69) is 15.1 Å². The van der Waals surface area contributed by atoms with E-state index < -0.39 is 0 Å². The van der Waals surface area contributed by atoms with Crippen molar-refractivity contribution in [2.24, 2.45) is 0 Å². The number of fused-ring (bicyclic) bond motifs is 1. The second-order valence-electron chi connectivity index (χ2n) is 4.47. The van der Waals surface area contributed by atoms with E-state index in [4.69, 9.17) is 0 Å². The Hall–Kier alpha value is -2.28. The highest BCUT2D eigenvalue weighted by Gasteiger charge is 2.18. The van der Waals surface area contributed by atoms with Crippen LogP contribution >= 0.6 is 11.3 Å². The van der Waals surface area contributed by atoms with Gasteiger partial charge in [-0.25, -0.2) is 9.50 Å². The van der Waals surface area contributed by atoms with Crippen molar-refractivity contribution in [3.63, 3.8) is 0 Å². The first-order valence-corrected chi connectivity index (χ1v) is 6.99. The number of aryl methyl sites for hydroxylation is 1. The zero-order chi connectivity index (χ0) is 14.1. The molecule has 7 heteroatoms. The molecular weight excluding hydrogens is 274 g/mol. The van der Waals surface area contributed by atoms with Gasteiger partial charge in [0.05, 0.1) is 6.54 Å². The van der Waals surface area contributed by atoms with E-state index in [9.17, 15) is 4.79 Å². The summed E-state index contributed by atoms with van der Waals surface area (Å²) < 4.78 is 1.58. The Balaban J connectivity index is 1.86. The summed E-state index contributed by atoms with van der Waals surface area (Å²) in [4.78, 5) is 23.3. The largest absolute Gasteiger partial charge is 0.334 e. The van der Waals surface area contributed by atoms with Crippen LogP contribution in [0, 0.1) is 6.92 Å². The smallest absolute Gasteiger partial charge is 0.293 e. The molecule has 6 nitrogen and oxygen atoms in total. The fourth-order valence-corrected chi connectivity index (χ4v) is 2.63. The summed E-state index contributed by atoms with van der Waals surface area (Å²) in [7, 11) is 1.74. The molecule has 0 saturated heterocycles. The Morgan fingerprint density at radius 3 is 3.00 bits per heavy atom. The summed E-state index contributed by atoms with van der Waals surface area (Å²) in [6.07, 6.45) is 1.66. The number of rotatable bonds is 3. The lowest BCUT2D eigenvalue weighted by molar-refractivity contribution is 0.0774. The number of thiophene rings is 1. The van der Waals surface area contributed by atoms with Crippen molar-refractivity contribution in [3.8, 4) is 0 Å². The van der Waals surface area contributed by atoms with Gasteiger partial charge in [0.15, 0.2) is 0 Å². The lowest BCUT2D eigenvalue weighted by Gasteiger charge is -2.13. The van der Waals surface area contributed by atoms with Gasteiger partial charge in [0.25, 0.3) is 11.7 Å². The average molecular weight is 287 g/mol. The van der Waals surface area contributed by atoms with Crippen LogP contribution in [0.5, 0.6) is 0 Å². The molecule has 3 aromatic rings. The van der Waals surface area contributed by atoms with E-state index in [1.807, 2.05) is 30.5 Å². The van der Waals surface area contributed by atoms with Crippen molar-refractivity contribution >= 4 is 23.0 Å². The van der Waals surface area contributed by atoms with Gasteiger partial charge in [-0.3, -0.25) is 4.79 Å². The predicted molar refractivity (Wildman–Crippen MR) is 75.6 cm³/mol. The monoisotopic (exact) mass is 287 g/mol. The van der Waals surface area contributed by atoms with Crippen molar-refractivity contribution < 1.29 is 4.79 Å². The lowest BCUT2D eigenvalue weighted by Crippen LogP contribution is -2.26. The van der Waals surface area contributed by atoms with Crippen LogP contribution < -0.4 is 0 Å². The molecule has 1 amide bonds. The van der Waals surface area contributed by atoms with Gasteiger partial charge in [-0.15, -0.1) is 16.4 Å². The highest BCUT2D eigenvalue weighted by molar-refractivity contribution is 7.09. The fraction of sp³-hybridized carbons (Fsp3) is 0.231. The molecule has 3 aromatic heterocycles. The molecule has 0 aliphatic heterocycles. The van der Waals surface area contributed by atoms with Gasteiger partial charge in [0.2, 0.25) is 5.82 Å². The number of amides is 1. The first-order chi connectivity index (χ1) is 9.65. The standard InChI is InChI=1S/C13H13N5OS/c1-9-5-6-14-13-15-11(16-18(9)13)12(19)17(2)8-10-4-3-7-20-10/h3-7H,8H2,1-2H3. The first-order valence-electron chi connectivity index (χ1n) is 6.11. The van der Waals surface area contributed by atoms with Crippen molar-refractivity contribution in [3.05, 3.63) is 46.2 Å². The van der Waals surface area contributed by atoms with Gasteiger partial charge in [-0.05, 0) is 24.4 Å². The van der Waals surface area contributed by atoms with Crippen LogP contribution in [-0.2, 0) is 6.54 Å². The topological polar surface area (TPSA) is 63.4 Å². The van der Waals surface area contributed by atoms with Crippen LogP contribution in [0.25, 0.3) is 5.78 Å². The number of carbonyl (C=O) groups excluding carboxylic acids is 1. The van der Waals surface area contributed by atoms with E-state index in [1.54, 1.807) is 34.0 Å². The van der Waals surface area contributed by atoms with Crippen LogP contribution in [0.15, 0.2) is 29.8 Å². The predicted octanol–water partition coefficient (Wildman–Crippen LogP) is 1.77. The minimum absolute atomic E-state index is 0.172. The molecule has 0 radical (unpaired) electrons. The highest BCUT2D eigenvalue weighted by atomic mass is 32.1. The summed E-state index contributed by atoms with van der Waals surface area (Å²) in [5.74, 6) is 0.409. The van der Waals surface area contributed by atoms with Gasteiger partial charge in [0, 0.05) is 23.8 Å². The van der Waals surface area contributed by atoms with Crippen molar-refractivity contribution in [1.82, 2.24) is 24.5 Å². The van der Waals surface area contributed by atoms with Gasteiger partial charge < -0.3 is 4.90 Å². The van der Waals surface area contributed by atoms with Crippen molar-refractivity contribution in [2.45, 2.75) is 13.5 Å². The Morgan fingerprint density at radius 1 is 1.45 bits per heavy atom. The summed E-state index contributed by atoms with van der Waals surface area (Å²) in [5, 5.41) is 6.21. The number of hydrogen-bond acceptors (Lipinski definition) is 5. The van der Waals surface area contributed by atoms with Crippen LogP contribution in [-0.4, -0.2) is 37.4 Å². The minimum atomic E-state index is -0.205. The number of carbonyl (C=O) groups is 1. The van der Waals surface area contributed by atoms with Crippen molar-refractivity contribution in [1.29, 1.82) is 0 Å². The van der Waals surface area contributed by atoms with E-state index in [0.29, 0.717) is 12.3 Å². The number of aromatic nitrogens is 4. The SMILES string of the molecule is Cc1ccnc2nc(C(=O)N(C)Cc3cccs3)nn12. The molecule has 0 spiro atoms. The number of hydrogen-bond donors (Lipinski definition) is 0. The normalized spacial score (nSPS) is 10.9. The molecular formula is C13H13N5OS. The average Bonchev–Trinajstić information content (AvgIpc) is 3.07. The Labute approximate surface area is 119 Å². The van der Waals surface area contributed by atoms with Crippen molar-refractivity contribution in [2.75, 3.05) is 7.05 Å². The Bertz CT molecular complexity index is 749. The van der Waals surface area contributed by atoms with Gasteiger partial charge in [-0.1, -0.05) is 6.07 Å². The third kappa shape index (κ3) is 2.27. The van der Waals surface area contributed by atoms with Crippen LogP contribution in [0.4, 0.5) is 0 Å². The van der Waals surface area contributed by atoms with Crippen LogP contribution in [0.2, 0.25) is 0 Å². The molecule has 0 fully saturated rings. The number of nitrogens with zero attached hydrogens (tertiary/aromatic N) is 5. The fourth-order valence-electron chi connectivity index (χ4n) is 1.88. The summed E-state index contributed by atoms with van der Waals surface area (Å²) >= 11 is 1.62. The lowest BCUT2D eigenvalue weighted by atomic mass is 10.4. The molecule has 0 bridgehead atoms. The molecule has 0 aromatic carbocycles. The highest BCUT2D eigenvalue weighted by Crippen LogP contribution is 2.12. The molecule has 3 heterocycles. The molecule has 0 saturated carbocycles. The quantitative estimate of drug-likeness (QED) is 0.736. The molecule has 3 rings (SSSR count). The maximum absolute atomic E-state index is 12.3. The zero-order valence-electron chi connectivity index (χ0n) is 11.1. The van der Waals surface area contributed by atoms with E-state index in [1.165, 1.54) is 0 Å². The first kappa shape index (κ1) is 12.7. The summed E-state index contributed by atoms with van der Waals surface area (Å²) in [6, 6.07) is 5.79. The van der Waals surface area contributed by atoms with Gasteiger partial charge in [-0.2, -0.15) is 4.98 Å². The van der Waals surface area contributed by atoms with E-state index >= 15 is 0 Å². The Kier molecular flexibility index (Phi) is 3.19. The van der Waals surface area contributed by atoms with Gasteiger partial charge in [0.1, 0.15) is 0 Å².